The molecular weight excluding hydrogens is 319 g/mol. The second kappa shape index (κ2) is 7.03. The number of benzene rings is 2. The molecule has 0 radical (unpaired) electrons. The lowest BCUT2D eigenvalue weighted by atomic mass is 10.2. The number of nitrogens with zero attached hydrogens (tertiary/aromatic N) is 3. The first-order valence-electron chi connectivity index (χ1n) is 8.50. The van der Waals surface area contributed by atoms with Crippen molar-refractivity contribution in [1.82, 2.24) is 10.2 Å². The molecule has 2 aromatic carbocycles. The fraction of sp³-hybridized carbons (Fsp3) is 0.263. The predicted molar refractivity (Wildman–Crippen MR) is 92.7 cm³/mol. The zero-order valence-corrected chi connectivity index (χ0v) is 13.9. The Bertz CT molecular complexity index is 811. The Hall–Kier alpha value is -2.73. The van der Waals surface area contributed by atoms with E-state index in [9.17, 15) is 4.39 Å². The monoisotopic (exact) mass is 339 g/mol. The number of hydrogen-bond donors (Lipinski definition) is 1. The van der Waals surface area contributed by atoms with Crippen LogP contribution in [0, 0.1) is 5.82 Å². The van der Waals surface area contributed by atoms with Gasteiger partial charge in [-0.15, -0.1) is 10.2 Å². The smallest absolute Gasteiger partial charge is 0.271 e. The Morgan fingerprint density at radius 3 is 2.40 bits per heavy atom. The molecule has 0 bridgehead atoms. The van der Waals surface area contributed by atoms with Crippen LogP contribution < -0.4 is 9.80 Å². The lowest BCUT2D eigenvalue weighted by molar-refractivity contribution is -0.915. The molecule has 1 aliphatic rings. The minimum absolute atomic E-state index is 0.196. The molecule has 5 nitrogen and oxygen atoms in total. The average molecular weight is 339 g/mol. The van der Waals surface area contributed by atoms with Crippen LogP contribution in [0.4, 0.5) is 10.1 Å². The first kappa shape index (κ1) is 15.8. The van der Waals surface area contributed by atoms with Crippen LogP contribution in [0.25, 0.3) is 11.5 Å². The second-order valence-corrected chi connectivity index (χ2v) is 6.26. The minimum atomic E-state index is -0.196. The maximum absolute atomic E-state index is 13.0. The van der Waals surface area contributed by atoms with Gasteiger partial charge in [0.2, 0.25) is 5.89 Å². The van der Waals surface area contributed by atoms with Crippen molar-refractivity contribution in [3.05, 3.63) is 66.3 Å². The molecule has 1 N–H and O–H groups in total. The highest BCUT2D eigenvalue weighted by molar-refractivity contribution is 5.51. The number of aromatic nitrogens is 2. The first-order valence-corrected chi connectivity index (χ1v) is 8.50. The van der Waals surface area contributed by atoms with Gasteiger partial charge in [0.1, 0.15) is 5.82 Å². The van der Waals surface area contributed by atoms with Crippen molar-refractivity contribution in [2.45, 2.75) is 6.54 Å². The summed E-state index contributed by atoms with van der Waals surface area (Å²) in [5, 5.41) is 8.33. The van der Waals surface area contributed by atoms with E-state index in [1.165, 1.54) is 17.0 Å². The topological polar surface area (TPSA) is 46.6 Å². The molecule has 0 aliphatic carbocycles. The molecule has 0 atom stereocenters. The molecule has 2 heterocycles. The van der Waals surface area contributed by atoms with E-state index in [1.807, 2.05) is 42.5 Å². The van der Waals surface area contributed by atoms with Gasteiger partial charge in [-0.1, -0.05) is 18.2 Å². The maximum atomic E-state index is 13.0. The standard InChI is InChI=1S/C19H19FN4O/c20-16-6-8-17(9-7-16)24-12-10-23(11-13-24)14-18-21-22-19(25-18)15-4-2-1-3-5-15/h1-9H,10-14H2/p+1. The average Bonchev–Trinajstić information content (AvgIpc) is 3.12. The highest BCUT2D eigenvalue weighted by atomic mass is 19.1. The highest BCUT2D eigenvalue weighted by Gasteiger charge is 2.22. The number of rotatable bonds is 4. The molecule has 6 heteroatoms. The molecule has 3 aromatic rings. The van der Waals surface area contributed by atoms with Crippen molar-refractivity contribution >= 4 is 5.69 Å². The van der Waals surface area contributed by atoms with Crippen molar-refractivity contribution < 1.29 is 13.7 Å². The molecule has 0 saturated carbocycles. The summed E-state index contributed by atoms with van der Waals surface area (Å²) in [7, 11) is 0. The third-order valence-corrected chi connectivity index (χ3v) is 4.55. The number of halogens is 1. The molecular formula is C19H20FN4O+. The van der Waals surface area contributed by atoms with Gasteiger partial charge in [-0.05, 0) is 36.4 Å². The summed E-state index contributed by atoms with van der Waals surface area (Å²) in [6.07, 6.45) is 0. The van der Waals surface area contributed by atoms with Crippen LogP contribution in [-0.4, -0.2) is 36.4 Å². The minimum Gasteiger partial charge on any atom is -0.415 e. The summed E-state index contributed by atoms with van der Waals surface area (Å²) in [6.45, 7) is 4.57. The summed E-state index contributed by atoms with van der Waals surface area (Å²) >= 11 is 0. The lowest BCUT2D eigenvalue weighted by Gasteiger charge is -2.33. The van der Waals surface area contributed by atoms with Crippen LogP contribution in [0.3, 0.4) is 0 Å². The van der Waals surface area contributed by atoms with Crippen LogP contribution in [0.15, 0.2) is 59.0 Å². The predicted octanol–water partition coefficient (Wildman–Crippen LogP) is 1.78. The van der Waals surface area contributed by atoms with E-state index < -0.39 is 0 Å². The van der Waals surface area contributed by atoms with E-state index in [0.717, 1.165) is 44.0 Å². The van der Waals surface area contributed by atoms with E-state index >= 15 is 0 Å². The fourth-order valence-corrected chi connectivity index (χ4v) is 3.15. The van der Waals surface area contributed by atoms with E-state index in [0.29, 0.717) is 11.8 Å². The summed E-state index contributed by atoms with van der Waals surface area (Å²) in [5.41, 5.74) is 2.02. The van der Waals surface area contributed by atoms with Crippen LogP contribution in [-0.2, 0) is 6.54 Å². The molecule has 1 aromatic heterocycles. The van der Waals surface area contributed by atoms with Gasteiger partial charge in [0.15, 0.2) is 6.54 Å². The van der Waals surface area contributed by atoms with Crippen molar-refractivity contribution in [2.24, 2.45) is 0 Å². The molecule has 0 unspecified atom stereocenters. The van der Waals surface area contributed by atoms with Gasteiger partial charge >= 0.3 is 0 Å². The Labute approximate surface area is 145 Å². The Kier molecular flexibility index (Phi) is 4.43. The highest BCUT2D eigenvalue weighted by Crippen LogP contribution is 2.17. The number of nitrogens with one attached hydrogen (secondary N) is 1. The van der Waals surface area contributed by atoms with E-state index in [1.54, 1.807) is 0 Å². The molecule has 1 saturated heterocycles. The van der Waals surface area contributed by atoms with Crippen LogP contribution in [0.2, 0.25) is 0 Å². The number of piperazine rings is 1. The summed E-state index contributed by atoms with van der Waals surface area (Å²) in [4.78, 5) is 3.70. The fourth-order valence-electron chi connectivity index (χ4n) is 3.15. The van der Waals surface area contributed by atoms with Crippen molar-refractivity contribution in [2.75, 3.05) is 31.1 Å². The number of anilines is 1. The largest absolute Gasteiger partial charge is 0.415 e. The van der Waals surface area contributed by atoms with E-state index in [2.05, 4.69) is 15.1 Å². The number of hydrogen-bond acceptors (Lipinski definition) is 4. The maximum Gasteiger partial charge on any atom is 0.271 e. The number of quaternary nitrogens is 1. The molecule has 0 spiro atoms. The van der Waals surface area contributed by atoms with Gasteiger partial charge < -0.3 is 14.2 Å². The van der Waals surface area contributed by atoms with Crippen LogP contribution >= 0.6 is 0 Å². The van der Waals surface area contributed by atoms with Crippen LogP contribution in [0.1, 0.15) is 5.89 Å². The van der Waals surface area contributed by atoms with Crippen molar-refractivity contribution in [1.29, 1.82) is 0 Å². The van der Waals surface area contributed by atoms with E-state index in [-0.39, 0.29) is 5.82 Å². The van der Waals surface area contributed by atoms with Gasteiger partial charge in [-0.25, -0.2) is 4.39 Å². The van der Waals surface area contributed by atoms with Crippen molar-refractivity contribution in [3.63, 3.8) is 0 Å². The summed E-state index contributed by atoms with van der Waals surface area (Å²) < 4.78 is 18.8. The van der Waals surface area contributed by atoms with Gasteiger partial charge in [0, 0.05) is 11.3 Å². The molecule has 1 aliphatic heterocycles. The molecule has 128 valence electrons. The zero-order valence-electron chi connectivity index (χ0n) is 13.9. The summed E-state index contributed by atoms with van der Waals surface area (Å²) in [5.74, 6) is 1.04. The summed E-state index contributed by atoms with van der Waals surface area (Å²) in [6, 6.07) is 16.5. The lowest BCUT2D eigenvalue weighted by Crippen LogP contribution is -3.13. The van der Waals surface area contributed by atoms with Gasteiger partial charge in [0.25, 0.3) is 5.89 Å². The molecule has 4 rings (SSSR count). The van der Waals surface area contributed by atoms with Gasteiger partial charge in [-0.2, -0.15) is 0 Å². The molecule has 0 amide bonds. The quantitative estimate of drug-likeness (QED) is 0.787. The van der Waals surface area contributed by atoms with Crippen molar-refractivity contribution in [3.8, 4) is 11.5 Å². The van der Waals surface area contributed by atoms with E-state index in [4.69, 9.17) is 4.42 Å². The molecule has 25 heavy (non-hydrogen) atoms. The zero-order chi connectivity index (χ0) is 17.1. The Balaban J connectivity index is 1.34. The third kappa shape index (κ3) is 3.69. The van der Waals surface area contributed by atoms with Crippen LogP contribution in [0.5, 0.6) is 0 Å². The normalized spacial score (nSPS) is 15.5. The first-order chi connectivity index (χ1) is 12.3. The SMILES string of the molecule is Fc1ccc(N2CC[NH+](Cc3nnc(-c4ccccc4)o3)CC2)cc1. The molecule has 1 fully saturated rings. The Morgan fingerprint density at radius 1 is 0.960 bits per heavy atom. The Morgan fingerprint density at radius 2 is 1.68 bits per heavy atom. The van der Waals surface area contributed by atoms with Gasteiger partial charge in [0.05, 0.1) is 26.2 Å². The van der Waals surface area contributed by atoms with Gasteiger partial charge in [-0.3, -0.25) is 0 Å². The second-order valence-electron chi connectivity index (χ2n) is 6.26. The third-order valence-electron chi connectivity index (χ3n) is 4.55.